The van der Waals surface area contributed by atoms with E-state index >= 15 is 0 Å². The molecule has 1 unspecified atom stereocenters. The highest BCUT2D eigenvalue weighted by molar-refractivity contribution is 5.48. The van der Waals surface area contributed by atoms with Gasteiger partial charge < -0.3 is 18.9 Å². The molecule has 2 aromatic carbocycles. The van der Waals surface area contributed by atoms with Gasteiger partial charge >= 0.3 is 0 Å². The molecule has 1 atom stereocenters. The minimum absolute atomic E-state index is 0.308. The lowest BCUT2D eigenvalue weighted by Crippen LogP contribution is -2.30. The number of ether oxygens (including phenoxy) is 4. The number of para-hydroxylation sites is 1. The van der Waals surface area contributed by atoms with Crippen LogP contribution in [-0.2, 0) is 13.0 Å². The molecule has 0 radical (unpaired) electrons. The number of hydrogen-bond donors (Lipinski definition) is 0. The van der Waals surface area contributed by atoms with Crippen LogP contribution in [-0.4, -0.2) is 31.6 Å². The number of rotatable bonds is 5. The molecule has 5 nitrogen and oxygen atoms in total. The molecule has 0 N–H and O–H groups in total. The van der Waals surface area contributed by atoms with Crippen molar-refractivity contribution < 1.29 is 18.9 Å². The molecule has 2 aromatic rings. The topological polar surface area (TPSA) is 40.2 Å². The quantitative estimate of drug-likeness (QED) is 0.843. The Hall–Kier alpha value is -2.40. The Bertz CT molecular complexity index is 746. The van der Waals surface area contributed by atoms with E-state index in [1.807, 2.05) is 18.2 Å². The fourth-order valence-electron chi connectivity index (χ4n) is 3.10. The van der Waals surface area contributed by atoms with Crippen molar-refractivity contribution in [1.29, 1.82) is 0 Å². The van der Waals surface area contributed by atoms with Crippen molar-refractivity contribution in [1.82, 2.24) is 4.90 Å². The molecule has 0 amide bonds. The zero-order valence-electron chi connectivity index (χ0n) is 14.0. The molecule has 0 aromatic heterocycles. The van der Waals surface area contributed by atoms with Crippen LogP contribution in [0.15, 0.2) is 36.4 Å². The Morgan fingerprint density at radius 1 is 0.958 bits per heavy atom. The van der Waals surface area contributed by atoms with Crippen LogP contribution in [0.2, 0.25) is 0 Å². The SMILES string of the molecule is CC(Cc1ccc2c(c1)OCO2)N(C)Cc1cccc2c1OCO2. The zero-order valence-corrected chi connectivity index (χ0v) is 14.0. The molecule has 2 aliphatic rings. The molecule has 0 saturated carbocycles. The van der Waals surface area contributed by atoms with E-state index in [4.69, 9.17) is 18.9 Å². The lowest BCUT2D eigenvalue weighted by molar-refractivity contribution is 0.171. The van der Waals surface area contributed by atoms with Crippen LogP contribution in [0.25, 0.3) is 0 Å². The van der Waals surface area contributed by atoms with Crippen molar-refractivity contribution in [2.24, 2.45) is 0 Å². The summed E-state index contributed by atoms with van der Waals surface area (Å²) < 4.78 is 21.9. The highest BCUT2D eigenvalue weighted by Gasteiger charge is 2.20. The van der Waals surface area contributed by atoms with Gasteiger partial charge in [0.05, 0.1) is 0 Å². The van der Waals surface area contributed by atoms with Gasteiger partial charge in [0.15, 0.2) is 23.0 Å². The van der Waals surface area contributed by atoms with E-state index < -0.39 is 0 Å². The van der Waals surface area contributed by atoms with E-state index in [1.54, 1.807) is 0 Å². The van der Waals surface area contributed by atoms with E-state index in [1.165, 1.54) is 5.56 Å². The Kier molecular flexibility index (Phi) is 3.94. The second-order valence-corrected chi connectivity index (χ2v) is 6.31. The number of nitrogens with zero attached hydrogens (tertiary/aromatic N) is 1. The van der Waals surface area contributed by atoms with Crippen LogP contribution in [0.1, 0.15) is 18.1 Å². The number of hydrogen-bond acceptors (Lipinski definition) is 5. The van der Waals surface area contributed by atoms with Gasteiger partial charge in [0.25, 0.3) is 0 Å². The molecule has 0 fully saturated rings. The molecule has 5 heteroatoms. The molecule has 0 saturated heterocycles. The smallest absolute Gasteiger partial charge is 0.231 e. The van der Waals surface area contributed by atoms with Gasteiger partial charge in [-0.25, -0.2) is 0 Å². The van der Waals surface area contributed by atoms with Gasteiger partial charge in [-0.15, -0.1) is 0 Å². The fourth-order valence-corrected chi connectivity index (χ4v) is 3.10. The molecule has 2 heterocycles. The van der Waals surface area contributed by atoms with Crippen LogP contribution < -0.4 is 18.9 Å². The third-order valence-electron chi connectivity index (χ3n) is 4.62. The van der Waals surface area contributed by atoms with E-state index in [0.29, 0.717) is 19.6 Å². The number of likely N-dealkylation sites (N-methyl/N-ethyl adjacent to an activating group) is 1. The molecule has 24 heavy (non-hydrogen) atoms. The summed E-state index contributed by atoms with van der Waals surface area (Å²) in [5.41, 5.74) is 2.40. The van der Waals surface area contributed by atoms with Crippen LogP contribution in [0.5, 0.6) is 23.0 Å². The number of benzene rings is 2. The predicted octanol–water partition coefficient (Wildman–Crippen LogP) is 3.21. The van der Waals surface area contributed by atoms with Gasteiger partial charge in [-0.1, -0.05) is 18.2 Å². The highest BCUT2D eigenvalue weighted by Crippen LogP contribution is 2.36. The first-order valence-electron chi connectivity index (χ1n) is 8.17. The lowest BCUT2D eigenvalue weighted by Gasteiger charge is -2.25. The van der Waals surface area contributed by atoms with Crippen molar-refractivity contribution in [3.8, 4) is 23.0 Å². The first-order valence-corrected chi connectivity index (χ1v) is 8.17. The number of fused-ring (bicyclic) bond motifs is 2. The summed E-state index contributed by atoms with van der Waals surface area (Å²) in [6.07, 6.45) is 0.944. The van der Waals surface area contributed by atoms with Crippen LogP contribution in [0.3, 0.4) is 0 Å². The normalized spacial score (nSPS) is 15.8. The Balaban J connectivity index is 1.43. The summed E-state index contributed by atoms with van der Waals surface area (Å²) >= 11 is 0. The lowest BCUT2D eigenvalue weighted by atomic mass is 10.0. The Labute approximate surface area is 141 Å². The molecule has 0 spiro atoms. The maximum atomic E-state index is 5.60. The summed E-state index contributed by atoms with van der Waals surface area (Å²) in [7, 11) is 2.13. The standard InChI is InChI=1S/C19H21NO4/c1-13(8-14-6-7-16-18(9-14)23-11-21-16)20(2)10-15-4-3-5-17-19(15)24-12-22-17/h3-7,9,13H,8,10-12H2,1-2H3. The summed E-state index contributed by atoms with van der Waals surface area (Å²) in [5, 5.41) is 0. The summed E-state index contributed by atoms with van der Waals surface area (Å²) in [4.78, 5) is 2.32. The molecular formula is C19H21NO4. The first-order chi connectivity index (χ1) is 11.7. The average Bonchev–Trinajstić information content (AvgIpc) is 3.23. The zero-order chi connectivity index (χ0) is 16.5. The minimum atomic E-state index is 0.308. The van der Waals surface area contributed by atoms with Gasteiger partial charge in [0.1, 0.15) is 0 Å². The molecule has 126 valence electrons. The van der Waals surface area contributed by atoms with Crippen molar-refractivity contribution >= 4 is 0 Å². The molecule has 0 bridgehead atoms. The largest absolute Gasteiger partial charge is 0.454 e. The maximum Gasteiger partial charge on any atom is 0.231 e. The van der Waals surface area contributed by atoms with Crippen molar-refractivity contribution in [2.75, 3.05) is 20.6 Å². The molecule has 0 aliphatic carbocycles. The van der Waals surface area contributed by atoms with E-state index in [0.717, 1.165) is 41.5 Å². The molecular weight excluding hydrogens is 306 g/mol. The summed E-state index contributed by atoms with van der Waals surface area (Å²) in [5.74, 6) is 3.38. The van der Waals surface area contributed by atoms with Gasteiger partial charge in [-0.2, -0.15) is 0 Å². The van der Waals surface area contributed by atoms with Crippen molar-refractivity contribution in [2.45, 2.75) is 25.9 Å². The van der Waals surface area contributed by atoms with Gasteiger partial charge in [0, 0.05) is 18.2 Å². The maximum absolute atomic E-state index is 5.60. The minimum Gasteiger partial charge on any atom is -0.454 e. The fraction of sp³-hybridized carbons (Fsp3) is 0.368. The third kappa shape index (κ3) is 2.87. The predicted molar refractivity (Wildman–Crippen MR) is 89.8 cm³/mol. The second-order valence-electron chi connectivity index (χ2n) is 6.31. The van der Waals surface area contributed by atoms with Crippen LogP contribution in [0, 0.1) is 0 Å². The van der Waals surface area contributed by atoms with Gasteiger partial charge in [-0.05, 0) is 44.2 Å². The van der Waals surface area contributed by atoms with Gasteiger partial charge in [0.2, 0.25) is 13.6 Å². The Morgan fingerprint density at radius 3 is 2.67 bits per heavy atom. The average molecular weight is 327 g/mol. The van der Waals surface area contributed by atoms with Crippen molar-refractivity contribution in [3.05, 3.63) is 47.5 Å². The van der Waals surface area contributed by atoms with Crippen LogP contribution >= 0.6 is 0 Å². The van der Waals surface area contributed by atoms with Crippen molar-refractivity contribution in [3.63, 3.8) is 0 Å². The molecule has 4 rings (SSSR count). The van der Waals surface area contributed by atoms with E-state index in [9.17, 15) is 0 Å². The highest BCUT2D eigenvalue weighted by atomic mass is 16.7. The third-order valence-corrected chi connectivity index (χ3v) is 4.62. The van der Waals surface area contributed by atoms with E-state index in [-0.39, 0.29) is 0 Å². The van der Waals surface area contributed by atoms with E-state index in [2.05, 4.69) is 37.1 Å². The second kappa shape index (κ2) is 6.24. The summed E-state index contributed by atoms with van der Waals surface area (Å²) in [6.45, 7) is 3.67. The first kappa shape index (κ1) is 15.1. The Morgan fingerprint density at radius 2 is 1.75 bits per heavy atom. The summed E-state index contributed by atoms with van der Waals surface area (Å²) in [6, 6.07) is 12.6. The monoisotopic (exact) mass is 327 g/mol. The molecule has 2 aliphatic heterocycles. The van der Waals surface area contributed by atoms with Crippen LogP contribution in [0.4, 0.5) is 0 Å². The van der Waals surface area contributed by atoms with Gasteiger partial charge in [-0.3, -0.25) is 4.90 Å².